The highest BCUT2D eigenvalue weighted by molar-refractivity contribution is 8.18. The molecule has 0 fully saturated rings. The van der Waals surface area contributed by atoms with Crippen LogP contribution in [0.4, 0.5) is 0 Å². The van der Waals surface area contributed by atoms with E-state index in [1.54, 1.807) is 0 Å². The van der Waals surface area contributed by atoms with Crippen LogP contribution in [0.25, 0.3) is 0 Å². The first-order valence-corrected chi connectivity index (χ1v) is 17.5. The Kier molecular flexibility index (Phi) is 16.0. The summed E-state index contributed by atoms with van der Waals surface area (Å²) in [6, 6.07) is 11.3. The fourth-order valence-corrected chi connectivity index (χ4v) is 6.98. The summed E-state index contributed by atoms with van der Waals surface area (Å²) in [5.41, 5.74) is 4.09. The lowest BCUT2D eigenvalue weighted by Crippen LogP contribution is -2.22. The van der Waals surface area contributed by atoms with E-state index in [0.717, 1.165) is 23.1 Å². The third kappa shape index (κ3) is 14.1. The molecule has 0 spiro atoms. The highest BCUT2D eigenvalue weighted by Crippen LogP contribution is 2.50. The zero-order chi connectivity index (χ0) is 35.8. The zero-order valence-electron chi connectivity index (χ0n) is 31.2. The maximum absolute atomic E-state index is 12.7. The van der Waals surface area contributed by atoms with E-state index < -0.39 is 11.9 Å². The molecule has 2 rings (SSSR count). The molecule has 2 N–H and O–H groups in total. The van der Waals surface area contributed by atoms with Gasteiger partial charge in [0.15, 0.2) is 0 Å². The van der Waals surface area contributed by atoms with Crippen LogP contribution in [0.15, 0.2) is 40.1 Å². The van der Waals surface area contributed by atoms with E-state index in [4.69, 9.17) is 14.9 Å². The fourth-order valence-electron chi connectivity index (χ4n) is 4.37. The number of hydrogen-bond acceptors (Lipinski definition) is 6. The molecule has 0 aliphatic rings. The van der Waals surface area contributed by atoms with Gasteiger partial charge >= 0.3 is 11.9 Å². The Labute approximate surface area is 283 Å². The van der Waals surface area contributed by atoms with Crippen molar-refractivity contribution >= 4 is 35.5 Å². The van der Waals surface area contributed by atoms with Gasteiger partial charge in [-0.3, -0.25) is 9.59 Å². The maximum atomic E-state index is 12.7. The van der Waals surface area contributed by atoms with E-state index in [9.17, 15) is 9.59 Å². The Bertz CT molecular complexity index is 1200. The van der Waals surface area contributed by atoms with Crippen LogP contribution >= 0.6 is 23.5 Å². The van der Waals surface area contributed by atoms with Crippen molar-refractivity contribution in [2.75, 3.05) is 7.11 Å². The van der Waals surface area contributed by atoms with E-state index in [1.807, 2.05) is 37.4 Å². The van der Waals surface area contributed by atoms with Gasteiger partial charge in [-0.05, 0) is 70.9 Å². The highest BCUT2D eigenvalue weighted by atomic mass is 32.2. The monoisotopic (exact) mass is 662 g/mol. The van der Waals surface area contributed by atoms with E-state index in [0.29, 0.717) is 5.75 Å². The summed E-state index contributed by atoms with van der Waals surface area (Å²) in [5, 5.41) is 16.0. The zero-order valence-corrected chi connectivity index (χ0v) is 32.9. The van der Waals surface area contributed by atoms with Crippen LogP contribution in [-0.4, -0.2) is 33.3 Å². The molecule has 2 aromatic rings. The fraction of sp³-hybridized carbons (Fsp3) is 0.632. The van der Waals surface area contributed by atoms with E-state index in [2.05, 4.69) is 127 Å². The molecule has 45 heavy (non-hydrogen) atoms. The number of carbonyl (C=O) groups is 2. The summed E-state index contributed by atoms with van der Waals surface area (Å²) in [4.78, 5) is 26.1. The molecule has 0 saturated carbocycles. The normalized spacial score (nSPS) is 12.4. The van der Waals surface area contributed by atoms with Crippen molar-refractivity contribution in [1.82, 2.24) is 0 Å². The summed E-state index contributed by atoms with van der Waals surface area (Å²) in [5.74, 6) is -0.973. The minimum atomic E-state index is -1.01. The molecule has 256 valence electrons. The Balaban J connectivity index is 0.00000464. The average molecular weight is 663 g/mol. The molecule has 0 amide bonds. The second-order valence-electron chi connectivity index (χ2n) is 15.6. The SMILES string of the molecule is CC.CC(C)(Sc1cc(C(C)(C)C)cc(C(C)(C)C)c1)Sc1cc(C(C)(C)C)c(OC(=O)CCC(=O)O)c(C(C)(C)C)c1.CO. The van der Waals surface area contributed by atoms with Gasteiger partial charge in [0.05, 0.1) is 16.9 Å². The molecule has 0 atom stereocenters. The van der Waals surface area contributed by atoms with Gasteiger partial charge in [-0.15, -0.1) is 23.5 Å². The highest BCUT2D eigenvalue weighted by Gasteiger charge is 2.32. The molecule has 2 aromatic carbocycles. The van der Waals surface area contributed by atoms with Crippen LogP contribution in [0, 0.1) is 0 Å². The average Bonchev–Trinajstić information content (AvgIpc) is 2.87. The van der Waals surface area contributed by atoms with Crippen LogP contribution in [0.1, 0.15) is 146 Å². The Morgan fingerprint density at radius 2 is 0.956 bits per heavy atom. The second kappa shape index (κ2) is 16.7. The van der Waals surface area contributed by atoms with Gasteiger partial charge in [0, 0.05) is 28.0 Å². The molecule has 7 heteroatoms. The molecule has 5 nitrogen and oxygen atoms in total. The summed E-state index contributed by atoms with van der Waals surface area (Å²) in [6.45, 7) is 34.8. The molecule has 0 bridgehead atoms. The van der Waals surface area contributed by atoms with Crippen molar-refractivity contribution in [3.63, 3.8) is 0 Å². The summed E-state index contributed by atoms with van der Waals surface area (Å²) in [6.07, 6.45) is -0.409. The van der Waals surface area contributed by atoms with Crippen LogP contribution in [-0.2, 0) is 31.2 Å². The minimum Gasteiger partial charge on any atom is -0.481 e. The number of thioether (sulfide) groups is 2. The number of benzene rings is 2. The van der Waals surface area contributed by atoms with Crippen molar-refractivity contribution in [3.8, 4) is 5.75 Å². The molecule has 0 aliphatic carbocycles. The lowest BCUT2D eigenvalue weighted by molar-refractivity contribution is -0.142. The second-order valence-corrected chi connectivity index (χ2v) is 19.2. The quantitative estimate of drug-likeness (QED) is 0.126. The third-order valence-corrected chi connectivity index (χ3v) is 9.23. The standard InChI is InChI=1S/C35H52O4S2.C2H6.CH4O/c1-31(2,3)22-17-23(32(4,5)6)19-24(18-22)40-35(13,14)41-25-20-26(33(7,8)9)30(27(21-25)34(10,11)12)39-29(38)16-15-28(36)37;2*1-2/h17-21H,15-16H2,1-14H3,(H,36,37);1-2H3;2H,1H3. The van der Waals surface area contributed by atoms with Crippen LogP contribution in [0.2, 0.25) is 0 Å². The van der Waals surface area contributed by atoms with Gasteiger partial charge in [-0.1, -0.05) is 103 Å². The first-order chi connectivity index (χ1) is 20.3. The number of hydrogen-bond donors (Lipinski definition) is 2. The third-order valence-electron chi connectivity index (χ3n) is 6.80. The Morgan fingerprint density at radius 3 is 1.27 bits per heavy atom. The van der Waals surface area contributed by atoms with Crippen molar-refractivity contribution < 1.29 is 24.5 Å². The van der Waals surface area contributed by atoms with Crippen LogP contribution in [0.3, 0.4) is 0 Å². The van der Waals surface area contributed by atoms with Gasteiger partial charge in [0.1, 0.15) is 5.75 Å². The number of aliphatic carboxylic acids is 1. The largest absolute Gasteiger partial charge is 0.481 e. The van der Waals surface area contributed by atoms with Crippen molar-refractivity contribution in [1.29, 1.82) is 0 Å². The van der Waals surface area contributed by atoms with Crippen molar-refractivity contribution in [2.45, 2.75) is 159 Å². The van der Waals surface area contributed by atoms with Gasteiger partial charge in [0.2, 0.25) is 0 Å². The molecule has 0 aliphatic heterocycles. The summed E-state index contributed by atoms with van der Waals surface area (Å²) < 4.78 is 5.75. The Hall–Kier alpha value is -1.96. The smallest absolute Gasteiger partial charge is 0.311 e. The first kappa shape index (κ1) is 43.0. The van der Waals surface area contributed by atoms with Crippen LogP contribution < -0.4 is 4.74 Å². The molecular formula is C38H62O5S2. The number of carboxylic acids is 1. The molecular weight excluding hydrogens is 601 g/mol. The number of aliphatic hydroxyl groups excluding tert-OH is 1. The lowest BCUT2D eigenvalue weighted by atomic mass is 9.79. The van der Waals surface area contributed by atoms with Crippen molar-refractivity contribution in [3.05, 3.63) is 52.6 Å². The van der Waals surface area contributed by atoms with Gasteiger partial charge < -0.3 is 14.9 Å². The summed E-state index contributed by atoms with van der Waals surface area (Å²) in [7, 11) is 1.00. The van der Waals surface area contributed by atoms with Gasteiger partial charge in [0.25, 0.3) is 0 Å². The molecule has 0 aromatic heterocycles. The number of esters is 1. The van der Waals surface area contributed by atoms with Crippen LogP contribution in [0.5, 0.6) is 5.75 Å². The minimum absolute atomic E-state index is 0.0504. The number of ether oxygens (including phenoxy) is 1. The molecule has 0 saturated heterocycles. The van der Waals surface area contributed by atoms with Gasteiger partial charge in [-0.25, -0.2) is 0 Å². The number of aliphatic hydroxyl groups is 1. The molecule has 0 radical (unpaired) electrons. The van der Waals surface area contributed by atoms with E-state index in [1.165, 1.54) is 16.0 Å². The topological polar surface area (TPSA) is 83.8 Å². The van der Waals surface area contributed by atoms with Crippen molar-refractivity contribution in [2.24, 2.45) is 0 Å². The molecule has 0 unspecified atom stereocenters. The molecule has 0 heterocycles. The first-order valence-electron chi connectivity index (χ1n) is 15.9. The number of carbonyl (C=O) groups excluding carboxylic acids is 1. The predicted molar refractivity (Wildman–Crippen MR) is 195 cm³/mol. The number of carboxylic acid groups (broad SMARTS) is 1. The lowest BCUT2D eigenvalue weighted by Gasteiger charge is -2.32. The van der Waals surface area contributed by atoms with E-state index >= 15 is 0 Å². The maximum Gasteiger partial charge on any atom is 0.311 e. The van der Waals surface area contributed by atoms with E-state index in [-0.39, 0.29) is 38.6 Å². The summed E-state index contributed by atoms with van der Waals surface area (Å²) >= 11 is 3.69. The Morgan fingerprint density at radius 1 is 0.600 bits per heavy atom. The van der Waals surface area contributed by atoms with Gasteiger partial charge in [-0.2, -0.15) is 0 Å². The number of rotatable bonds is 8. The predicted octanol–water partition coefficient (Wildman–Crippen LogP) is 10.9.